The van der Waals surface area contributed by atoms with Gasteiger partial charge in [-0.2, -0.15) is 8.78 Å². The summed E-state index contributed by atoms with van der Waals surface area (Å²) in [6, 6.07) is 4.65. The number of carbonyl (C=O) groups excluding carboxylic acids is 2. The number of halogens is 2. The number of amides is 2. The lowest BCUT2D eigenvalue weighted by Gasteiger charge is -2.35. The maximum Gasteiger partial charge on any atom is 0.410 e. The Balaban J connectivity index is 2.02. The zero-order valence-electron chi connectivity index (χ0n) is 18.1. The normalized spacial score (nSPS) is 16.9. The van der Waals surface area contributed by atoms with Gasteiger partial charge in [0.25, 0.3) is 0 Å². The second-order valence-electron chi connectivity index (χ2n) is 8.32. The molecule has 0 spiro atoms. The largest absolute Gasteiger partial charge is 0.493 e. The first kappa shape index (κ1) is 23.7. The molecule has 0 aromatic heterocycles. The van der Waals surface area contributed by atoms with Gasteiger partial charge in [-0.3, -0.25) is 4.79 Å². The van der Waals surface area contributed by atoms with Crippen LogP contribution in [0.25, 0.3) is 0 Å². The first-order valence-electron chi connectivity index (χ1n) is 9.85. The highest BCUT2D eigenvalue weighted by molar-refractivity contribution is 5.80. The maximum atomic E-state index is 12.9. The molecule has 0 saturated carbocycles. The molecule has 0 aliphatic carbocycles. The molecule has 0 N–H and O–H groups in total. The van der Waals surface area contributed by atoms with Gasteiger partial charge >= 0.3 is 12.7 Å². The number of carbonyl (C=O) groups is 2. The lowest BCUT2D eigenvalue weighted by molar-refractivity contribution is -0.136. The number of piperidine rings is 1. The molecule has 2 amide bonds. The lowest BCUT2D eigenvalue weighted by atomic mass is 9.96. The summed E-state index contributed by atoms with van der Waals surface area (Å²) in [6.45, 7) is 3.47. The second kappa shape index (κ2) is 9.95. The zero-order valence-corrected chi connectivity index (χ0v) is 18.1. The van der Waals surface area contributed by atoms with Crippen molar-refractivity contribution < 1.29 is 32.6 Å². The van der Waals surface area contributed by atoms with Crippen molar-refractivity contribution in [1.29, 1.82) is 0 Å². The fourth-order valence-electron chi connectivity index (χ4n) is 3.34. The molecule has 9 heteroatoms. The Labute approximate surface area is 175 Å². The van der Waals surface area contributed by atoms with E-state index in [0.717, 1.165) is 0 Å². The van der Waals surface area contributed by atoms with Crippen LogP contribution in [0.4, 0.5) is 13.6 Å². The number of benzene rings is 1. The first-order chi connectivity index (χ1) is 14.0. The second-order valence-corrected chi connectivity index (χ2v) is 8.32. The van der Waals surface area contributed by atoms with Gasteiger partial charge in [0, 0.05) is 26.7 Å². The third-order valence-corrected chi connectivity index (χ3v) is 4.66. The predicted molar refractivity (Wildman–Crippen MR) is 107 cm³/mol. The fraction of sp³-hybridized carbons (Fsp3) is 0.619. The van der Waals surface area contributed by atoms with Crippen molar-refractivity contribution in [3.8, 4) is 11.5 Å². The summed E-state index contributed by atoms with van der Waals surface area (Å²) in [5.41, 5.74) is 0.0270. The fourth-order valence-corrected chi connectivity index (χ4v) is 3.34. The van der Waals surface area contributed by atoms with Gasteiger partial charge in [-0.1, -0.05) is 6.07 Å². The van der Waals surface area contributed by atoms with Crippen LogP contribution < -0.4 is 9.47 Å². The van der Waals surface area contributed by atoms with Crippen molar-refractivity contribution in [2.45, 2.75) is 52.4 Å². The Hall–Kier alpha value is -2.58. The van der Waals surface area contributed by atoms with Crippen LogP contribution in [0.5, 0.6) is 11.5 Å². The number of alkyl halides is 2. The van der Waals surface area contributed by atoms with Crippen LogP contribution in [0.2, 0.25) is 0 Å². The van der Waals surface area contributed by atoms with Crippen molar-refractivity contribution in [2.24, 2.45) is 5.92 Å². The Morgan fingerprint density at radius 1 is 1.27 bits per heavy atom. The maximum absolute atomic E-state index is 12.9. The summed E-state index contributed by atoms with van der Waals surface area (Å²) in [7, 11) is 3.01. The van der Waals surface area contributed by atoms with E-state index >= 15 is 0 Å². The molecule has 30 heavy (non-hydrogen) atoms. The van der Waals surface area contributed by atoms with E-state index in [9.17, 15) is 18.4 Å². The number of rotatable bonds is 6. The van der Waals surface area contributed by atoms with Gasteiger partial charge in [-0.25, -0.2) is 4.79 Å². The monoisotopic (exact) mass is 428 g/mol. The molecule has 1 aromatic carbocycles. The van der Waals surface area contributed by atoms with E-state index in [2.05, 4.69) is 4.74 Å². The average Bonchev–Trinajstić information content (AvgIpc) is 2.66. The summed E-state index contributed by atoms with van der Waals surface area (Å²) in [4.78, 5) is 28.3. The minimum atomic E-state index is -2.98. The molecule has 1 saturated heterocycles. The molecule has 1 unspecified atom stereocenters. The molecule has 1 aliphatic heterocycles. The zero-order chi connectivity index (χ0) is 22.5. The van der Waals surface area contributed by atoms with Crippen molar-refractivity contribution in [2.75, 3.05) is 27.2 Å². The van der Waals surface area contributed by atoms with Gasteiger partial charge in [0.05, 0.1) is 13.0 Å². The Kier molecular flexibility index (Phi) is 7.86. The number of ether oxygens (including phenoxy) is 3. The number of hydrogen-bond donors (Lipinski definition) is 0. The Morgan fingerprint density at radius 3 is 2.57 bits per heavy atom. The quantitative estimate of drug-likeness (QED) is 0.687. The molecule has 1 aromatic rings. The van der Waals surface area contributed by atoms with Gasteiger partial charge < -0.3 is 24.0 Å². The van der Waals surface area contributed by atoms with Crippen LogP contribution in [0, 0.1) is 5.92 Å². The highest BCUT2D eigenvalue weighted by atomic mass is 19.3. The number of nitrogens with zero attached hydrogens (tertiary/aromatic N) is 2. The molecule has 1 atom stereocenters. The van der Waals surface area contributed by atoms with E-state index in [0.29, 0.717) is 31.5 Å². The molecule has 2 rings (SSSR count). The van der Waals surface area contributed by atoms with Crippen LogP contribution in [-0.4, -0.2) is 61.3 Å². The third kappa shape index (κ3) is 6.74. The minimum absolute atomic E-state index is 0.0837. The summed E-state index contributed by atoms with van der Waals surface area (Å²) >= 11 is 0. The summed E-state index contributed by atoms with van der Waals surface area (Å²) in [5, 5.41) is 0. The molecule has 168 valence electrons. The molecule has 1 fully saturated rings. The van der Waals surface area contributed by atoms with E-state index < -0.39 is 18.3 Å². The number of hydrogen-bond acceptors (Lipinski definition) is 5. The van der Waals surface area contributed by atoms with E-state index in [1.54, 1.807) is 38.8 Å². The molecular weight excluding hydrogens is 398 g/mol. The van der Waals surface area contributed by atoms with E-state index in [4.69, 9.17) is 9.47 Å². The van der Waals surface area contributed by atoms with E-state index in [1.165, 1.54) is 24.1 Å². The summed E-state index contributed by atoms with van der Waals surface area (Å²) < 4.78 is 40.2. The standard InChI is InChI=1S/C21H30F2N2O5/c1-21(2,3)30-20(27)25-10-6-7-15(13-25)18(26)24(4)12-14-8-9-16(28-5)17(11-14)29-19(22)23/h8-9,11,15,19H,6-7,10,12-13H2,1-5H3. The van der Waals surface area contributed by atoms with Gasteiger partial charge in [-0.05, 0) is 51.3 Å². The lowest BCUT2D eigenvalue weighted by Crippen LogP contribution is -2.47. The SMILES string of the molecule is COc1ccc(CN(C)C(=O)C2CCCN(C(=O)OC(C)(C)C)C2)cc1OC(F)F. The van der Waals surface area contributed by atoms with Gasteiger partial charge in [0.1, 0.15) is 5.60 Å². The number of methoxy groups -OCH3 is 1. The molecule has 1 heterocycles. The van der Waals surface area contributed by atoms with Crippen LogP contribution >= 0.6 is 0 Å². The predicted octanol–water partition coefficient (Wildman–Crippen LogP) is 3.90. The third-order valence-electron chi connectivity index (χ3n) is 4.66. The minimum Gasteiger partial charge on any atom is -0.493 e. The van der Waals surface area contributed by atoms with Crippen molar-refractivity contribution >= 4 is 12.0 Å². The van der Waals surface area contributed by atoms with Gasteiger partial charge in [-0.15, -0.1) is 0 Å². The number of likely N-dealkylation sites (tertiary alicyclic amines) is 1. The highest BCUT2D eigenvalue weighted by Gasteiger charge is 2.32. The van der Waals surface area contributed by atoms with E-state index in [1.807, 2.05) is 0 Å². The van der Waals surface area contributed by atoms with Crippen LogP contribution in [0.3, 0.4) is 0 Å². The topological polar surface area (TPSA) is 68.3 Å². The highest BCUT2D eigenvalue weighted by Crippen LogP contribution is 2.30. The van der Waals surface area contributed by atoms with Crippen molar-refractivity contribution in [1.82, 2.24) is 9.80 Å². The van der Waals surface area contributed by atoms with E-state index in [-0.39, 0.29) is 29.9 Å². The summed E-state index contributed by atoms with van der Waals surface area (Å²) in [5.74, 6) is -0.352. The molecule has 0 bridgehead atoms. The van der Waals surface area contributed by atoms with Crippen LogP contribution in [0.15, 0.2) is 18.2 Å². The van der Waals surface area contributed by atoms with Crippen molar-refractivity contribution in [3.63, 3.8) is 0 Å². The van der Waals surface area contributed by atoms with Gasteiger partial charge in [0.15, 0.2) is 11.5 Å². The Bertz CT molecular complexity index is 751. The molecular formula is C21H30F2N2O5. The van der Waals surface area contributed by atoms with Crippen molar-refractivity contribution in [3.05, 3.63) is 23.8 Å². The first-order valence-corrected chi connectivity index (χ1v) is 9.85. The molecule has 1 aliphatic rings. The summed E-state index contributed by atoms with van der Waals surface area (Å²) in [6.07, 6.45) is 0.954. The van der Waals surface area contributed by atoms with Gasteiger partial charge in [0.2, 0.25) is 5.91 Å². The van der Waals surface area contributed by atoms with Crippen LogP contribution in [0.1, 0.15) is 39.2 Å². The smallest absolute Gasteiger partial charge is 0.410 e. The molecule has 0 radical (unpaired) electrons. The van der Waals surface area contributed by atoms with Crippen LogP contribution in [-0.2, 0) is 16.1 Å². The average molecular weight is 428 g/mol. The Morgan fingerprint density at radius 2 is 1.97 bits per heavy atom. The molecule has 7 nitrogen and oxygen atoms in total.